The fraction of sp³-hybridized carbons (Fsp3) is 0.462. The Bertz CT molecular complexity index is 1240. The molecule has 0 atom stereocenters. The van der Waals surface area contributed by atoms with Crippen molar-refractivity contribution in [1.82, 2.24) is 4.90 Å². The van der Waals surface area contributed by atoms with E-state index in [1.54, 1.807) is 24.3 Å². The molecule has 1 spiro atoms. The van der Waals surface area contributed by atoms with E-state index in [0.29, 0.717) is 25.1 Å². The Morgan fingerprint density at radius 2 is 1.74 bits per heavy atom. The Kier molecular flexibility index (Phi) is 5.76. The lowest BCUT2D eigenvalue weighted by Crippen LogP contribution is -2.42. The summed E-state index contributed by atoms with van der Waals surface area (Å²) in [5.41, 5.74) is 4.90. The zero-order valence-corrected chi connectivity index (χ0v) is 20.5. The van der Waals surface area contributed by atoms with E-state index in [1.807, 2.05) is 11.0 Å². The number of piperidine rings is 1. The molecule has 0 N–H and O–H groups in total. The summed E-state index contributed by atoms with van der Waals surface area (Å²) in [4.78, 5) is 29.2. The molecule has 180 valence electrons. The molecule has 3 heterocycles. The molecule has 2 fully saturated rings. The van der Waals surface area contributed by atoms with Crippen LogP contribution in [-0.4, -0.2) is 57.6 Å². The third-order valence-corrected chi connectivity index (χ3v) is 8.92. The highest BCUT2D eigenvalue weighted by Crippen LogP contribution is 2.42. The van der Waals surface area contributed by atoms with E-state index < -0.39 is 9.84 Å². The number of fused-ring (bicyclic) bond motifs is 1. The predicted molar refractivity (Wildman–Crippen MR) is 129 cm³/mol. The van der Waals surface area contributed by atoms with Crippen LogP contribution in [0.3, 0.4) is 0 Å². The van der Waals surface area contributed by atoms with Crippen LogP contribution >= 0.6 is 0 Å². The van der Waals surface area contributed by atoms with Crippen molar-refractivity contribution < 1.29 is 22.7 Å². The third kappa shape index (κ3) is 4.25. The minimum atomic E-state index is -3.25. The summed E-state index contributed by atoms with van der Waals surface area (Å²) < 4.78 is 28.6. The van der Waals surface area contributed by atoms with Gasteiger partial charge in [0, 0.05) is 37.0 Å². The number of benzene rings is 2. The van der Waals surface area contributed by atoms with Crippen LogP contribution in [0.1, 0.15) is 46.3 Å². The molecule has 3 aliphatic heterocycles. The largest absolute Gasteiger partial charge is 0.457 e. The van der Waals surface area contributed by atoms with E-state index in [9.17, 15) is 18.0 Å². The summed E-state index contributed by atoms with van der Waals surface area (Å²) in [7, 11) is -3.25. The predicted octanol–water partition coefficient (Wildman–Crippen LogP) is 3.13. The first-order valence-electron chi connectivity index (χ1n) is 11.8. The second-order valence-electron chi connectivity index (χ2n) is 9.97. The normalized spacial score (nSPS) is 20.1. The minimum Gasteiger partial charge on any atom is -0.457 e. The topological polar surface area (TPSA) is 84.0 Å². The SMILES string of the molecule is Cc1c(CCN2CCC3(CC2)CC(=O)N(c2ccc(S(C)(=O)=O)cc2)C3)ccc2c1COC2=O. The van der Waals surface area contributed by atoms with Crippen molar-refractivity contribution in [1.29, 1.82) is 0 Å². The molecule has 2 aromatic rings. The van der Waals surface area contributed by atoms with Crippen LogP contribution in [-0.2, 0) is 32.4 Å². The van der Waals surface area contributed by atoms with Gasteiger partial charge >= 0.3 is 5.97 Å². The summed E-state index contributed by atoms with van der Waals surface area (Å²) in [6.07, 6.45) is 4.61. The molecule has 2 aromatic carbocycles. The number of carbonyl (C=O) groups excluding carboxylic acids is 2. The Morgan fingerprint density at radius 3 is 2.41 bits per heavy atom. The van der Waals surface area contributed by atoms with Gasteiger partial charge < -0.3 is 14.5 Å². The number of esters is 1. The van der Waals surface area contributed by atoms with E-state index in [4.69, 9.17) is 4.74 Å². The standard InChI is InChI=1S/C26H30N2O5S/c1-18-19(3-8-22-23(18)16-33-25(22)30)9-12-27-13-10-26(11-14-27)15-24(29)28(17-26)20-4-6-21(7-5-20)34(2,31)32/h3-8H,9-17H2,1-2H3. The van der Waals surface area contributed by atoms with Crippen LogP contribution in [0.25, 0.3) is 0 Å². The monoisotopic (exact) mass is 482 g/mol. The second kappa shape index (κ2) is 8.50. The summed E-state index contributed by atoms with van der Waals surface area (Å²) in [5.74, 6) is -0.108. The summed E-state index contributed by atoms with van der Waals surface area (Å²) >= 11 is 0. The van der Waals surface area contributed by atoms with Crippen LogP contribution in [0.4, 0.5) is 5.69 Å². The minimum absolute atomic E-state index is 0.00965. The molecule has 2 saturated heterocycles. The Morgan fingerprint density at radius 1 is 1.03 bits per heavy atom. The van der Waals surface area contributed by atoms with Gasteiger partial charge in [-0.25, -0.2) is 13.2 Å². The maximum atomic E-state index is 12.8. The Hall–Kier alpha value is -2.71. The van der Waals surface area contributed by atoms with Crippen molar-refractivity contribution in [3.05, 3.63) is 58.7 Å². The van der Waals surface area contributed by atoms with Crippen molar-refractivity contribution in [2.45, 2.75) is 44.1 Å². The van der Waals surface area contributed by atoms with Gasteiger partial charge in [0.15, 0.2) is 9.84 Å². The van der Waals surface area contributed by atoms with E-state index in [2.05, 4.69) is 17.9 Å². The molecule has 7 nitrogen and oxygen atoms in total. The molecule has 0 radical (unpaired) electrons. The molecule has 34 heavy (non-hydrogen) atoms. The number of amides is 1. The lowest BCUT2D eigenvalue weighted by Gasteiger charge is -2.39. The van der Waals surface area contributed by atoms with Crippen LogP contribution in [0.2, 0.25) is 0 Å². The summed E-state index contributed by atoms with van der Waals surface area (Å²) in [6, 6.07) is 10.6. The molecule has 0 bridgehead atoms. The molecule has 8 heteroatoms. The van der Waals surface area contributed by atoms with Gasteiger partial charge in [0.2, 0.25) is 5.91 Å². The van der Waals surface area contributed by atoms with Gasteiger partial charge in [-0.05, 0) is 86.1 Å². The van der Waals surface area contributed by atoms with Gasteiger partial charge in [0.25, 0.3) is 0 Å². The smallest absolute Gasteiger partial charge is 0.338 e. The molecule has 0 saturated carbocycles. The number of anilines is 1. The number of rotatable bonds is 5. The third-order valence-electron chi connectivity index (χ3n) is 7.79. The van der Waals surface area contributed by atoms with E-state index >= 15 is 0 Å². The molecule has 3 aliphatic rings. The van der Waals surface area contributed by atoms with Crippen molar-refractivity contribution in [2.24, 2.45) is 5.41 Å². The maximum Gasteiger partial charge on any atom is 0.338 e. The molecule has 1 amide bonds. The first-order valence-corrected chi connectivity index (χ1v) is 13.7. The summed E-state index contributed by atoms with van der Waals surface area (Å²) in [5, 5.41) is 0. The highest BCUT2D eigenvalue weighted by Gasteiger charge is 2.45. The van der Waals surface area contributed by atoms with Gasteiger partial charge in [-0.15, -0.1) is 0 Å². The van der Waals surface area contributed by atoms with Crippen molar-refractivity contribution in [2.75, 3.05) is 37.3 Å². The molecule has 0 aliphatic carbocycles. The van der Waals surface area contributed by atoms with Gasteiger partial charge in [0.1, 0.15) is 6.61 Å². The highest BCUT2D eigenvalue weighted by molar-refractivity contribution is 7.90. The van der Waals surface area contributed by atoms with Gasteiger partial charge in [-0.1, -0.05) is 6.07 Å². The van der Waals surface area contributed by atoms with Gasteiger partial charge in [0.05, 0.1) is 10.5 Å². The number of ether oxygens (including phenoxy) is 1. The van der Waals surface area contributed by atoms with Gasteiger partial charge in [-0.2, -0.15) is 0 Å². The zero-order valence-electron chi connectivity index (χ0n) is 19.7. The number of nitrogens with zero attached hydrogens (tertiary/aromatic N) is 2. The first kappa shape index (κ1) is 23.1. The quantitative estimate of drug-likeness (QED) is 0.609. The van der Waals surface area contributed by atoms with Crippen LogP contribution < -0.4 is 4.90 Å². The fourth-order valence-electron chi connectivity index (χ4n) is 5.54. The Labute approximate surface area is 200 Å². The van der Waals surface area contributed by atoms with Crippen LogP contribution in [0.15, 0.2) is 41.3 Å². The molecule has 0 unspecified atom stereocenters. The van der Waals surface area contributed by atoms with Crippen molar-refractivity contribution in [3.63, 3.8) is 0 Å². The number of hydrogen-bond acceptors (Lipinski definition) is 6. The van der Waals surface area contributed by atoms with Gasteiger partial charge in [-0.3, -0.25) is 4.79 Å². The number of sulfone groups is 1. The number of likely N-dealkylation sites (tertiary alicyclic amines) is 1. The van der Waals surface area contributed by atoms with E-state index in [0.717, 1.165) is 55.7 Å². The average Bonchev–Trinajstić information content (AvgIpc) is 3.34. The highest BCUT2D eigenvalue weighted by atomic mass is 32.2. The van der Waals surface area contributed by atoms with Crippen molar-refractivity contribution in [3.8, 4) is 0 Å². The first-order chi connectivity index (χ1) is 16.2. The van der Waals surface area contributed by atoms with Crippen molar-refractivity contribution >= 4 is 27.4 Å². The zero-order chi connectivity index (χ0) is 24.1. The maximum absolute atomic E-state index is 12.8. The fourth-order valence-corrected chi connectivity index (χ4v) is 6.17. The number of cyclic esters (lactones) is 1. The van der Waals surface area contributed by atoms with Crippen LogP contribution in [0, 0.1) is 12.3 Å². The van der Waals surface area contributed by atoms with E-state index in [-0.39, 0.29) is 22.2 Å². The number of hydrogen-bond donors (Lipinski definition) is 0. The molecule has 0 aromatic heterocycles. The second-order valence-corrected chi connectivity index (χ2v) is 12.0. The molecular formula is C26H30N2O5S. The van der Waals surface area contributed by atoms with Crippen LogP contribution in [0.5, 0.6) is 0 Å². The summed E-state index contributed by atoms with van der Waals surface area (Å²) in [6.45, 7) is 6.01. The van der Waals surface area contributed by atoms with E-state index in [1.165, 1.54) is 11.8 Å². The molecule has 5 rings (SSSR count). The average molecular weight is 483 g/mol. The Balaban J connectivity index is 1.18. The lowest BCUT2D eigenvalue weighted by molar-refractivity contribution is -0.118. The molecular weight excluding hydrogens is 452 g/mol. The lowest BCUT2D eigenvalue weighted by atomic mass is 9.77. The number of carbonyl (C=O) groups is 2.